The number of benzene rings is 1. The van der Waals surface area contributed by atoms with E-state index in [9.17, 15) is 4.79 Å². The van der Waals surface area contributed by atoms with Crippen LogP contribution in [0.15, 0.2) is 24.3 Å². The Morgan fingerprint density at radius 2 is 2.05 bits per heavy atom. The summed E-state index contributed by atoms with van der Waals surface area (Å²) in [6, 6.07) is 8.24. The predicted octanol–water partition coefficient (Wildman–Crippen LogP) is 3.20. The van der Waals surface area contributed by atoms with E-state index in [2.05, 4.69) is 17.6 Å². The van der Waals surface area contributed by atoms with E-state index < -0.39 is 0 Å². The number of hydrogen-bond acceptors (Lipinski definition) is 3. The molecule has 0 saturated heterocycles. The van der Waals surface area contributed by atoms with E-state index in [-0.39, 0.29) is 5.91 Å². The standard InChI is InChI=1S/C17H26N2O2/c1-3-11-18-17(20)13-5-4-6-15(12-13)19-14-7-9-16(21-2)10-8-14/h4-6,12,14,16,19H,3,7-11H2,1-2H3,(H,18,20). The van der Waals surface area contributed by atoms with Gasteiger partial charge in [0, 0.05) is 30.9 Å². The molecule has 4 heteroatoms. The summed E-state index contributed by atoms with van der Waals surface area (Å²) in [4.78, 5) is 12.0. The van der Waals surface area contributed by atoms with Gasteiger partial charge in [-0.25, -0.2) is 0 Å². The Morgan fingerprint density at radius 1 is 1.29 bits per heavy atom. The Morgan fingerprint density at radius 3 is 2.71 bits per heavy atom. The van der Waals surface area contributed by atoms with Crippen molar-refractivity contribution in [3.63, 3.8) is 0 Å². The van der Waals surface area contributed by atoms with Gasteiger partial charge in [0.2, 0.25) is 0 Å². The third kappa shape index (κ3) is 4.74. The fraction of sp³-hybridized carbons (Fsp3) is 0.588. The molecule has 21 heavy (non-hydrogen) atoms. The highest BCUT2D eigenvalue weighted by atomic mass is 16.5. The molecule has 0 spiro atoms. The van der Waals surface area contributed by atoms with Crippen LogP contribution in [0.25, 0.3) is 0 Å². The average molecular weight is 290 g/mol. The maximum atomic E-state index is 12.0. The molecule has 116 valence electrons. The van der Waals surface area contributed by atoms with Crippen molar-refractivity contribution < 1.29 is 9.53 Å². The highest BCUT2D eigenvalue weighted by Crippen LogP contribution is 2.24. The molecule has 0 atom stereocenters. The molecule has 1 aromatic rings. The lowest BCUT2D eigenvalue weighted by Gasteiger charge is -2.29. The van der Waals surface area contributed by atoms with Crippen LogP contribution < -0.4 is 10.6 Å². The molecular formula is C17H26N2O2. The topological polar surface area (TPSA) is 50.4 Å². The second kappa shape index (κ2) is 8.03. The SMILES string of the molecule is CCCNC(=O)c1cccc(NC2CCC(OC)CC2)c1. The first kappa shape index (κ1) is 15.8. The molecule has 1 aromatic carbocycles. The second-order valence-corrected chi connectivity index (χ2v) is 5.69. The van der Waals surface area contributed by atoms with Crippen LogP contribution in [-0.2, 0) is 4.74 Å². The van der Waals surface area contributed by atoms with E-state index in [4.69, 9.17) is 4.74 Å². The minimum Gasteiger partial charge on any atom is -0.382 e. The summed E-state index contributed by atoms with van der Waals surface area (Å²) in [5.41, 5.74) is 1.75. The summed E-state index contributed by atoms with van der Waals surface area (Å²) in [5.74, 6) is 0.00333. The summed E-state index contributed by atoms with van der Waals surface area (Å²) in [6.45, 7) is 2.77. The Bertz CT molecular complexity index is 454. The monoisotopic (exact) mass is 290 g/mol. The van der Waals surface area contributed by atoms with Gasteiger partial charge in [-0.05, 0) is 50.3 Å². The maximum Gasteiger partial charge on any atom is 0.251 e. The zero-order chi connectivity index (χ0) is 15.1. The lowest BCUT2D eigenvalue weighted by Crippen LogP contribution is -2.29. The van der Waals surface area contributed by atoms with Crippen LogP contribution in [0, 0.1) is 0 Å². The lowest BCUT2D eigenvalue weighted by molar-refractivity contribution is 0.0682. The Hall–Kier alpha value is -1.55. The van der Waals surface area contributed by atoms with Crippen LogP contribution in [-0.4, -0.2) is 31.7 Å². The minimum absolute atomic E-state index is 0.00333. The smallest absolute Gasteiger partial charge is 0.251 e. The van der Waals surface area contributed by atoms with Gasteiger partial charge in [-0.15, -0.1) is 0 Å². The van der Waals surface area contributed by atoms with Crippen LogP contribution in [0.1, 0.15) is 49.4 Å². The van der Waals surface area contributed by atoms with Gasteiger partial charge >= 0.3 is 0 Å². The number of amides is 1. The zero-order valence-corrected chi connectivity index (χ0v) is 13.0. The normalized spacial score (nSPS) is 21.8. The van der Waals surface area contributed by atoms with Crippen LogP contribution in [0.2, 0.25) is 0 Å². The van der Waals surface area contributed by atoms with E-state index in [1.165, 1.54) is 0 Å². The molecule has 0 radical (unpaired) electrons. The first-order valence-electron chi connectivity index (χ1n) is 7.90. The maximum absolute atomic E-state index is 12.0. The van der Waals surface area contributed by atoms with Crippen molar-refractivity contribution in [1.29, 1.82) is 0 Å². The number of nitrogens with one attached hydrogen (secondary N) is 2. The molecule has 2 N–H and O–H groups in total. The van der Waals surface area contributed by atoms with Gasteiger partial charge in [-0.3, -0.25) is 4.79 Å². The van der Waals surface area contributed by atoms with Crippen molar-refractivity contribution >= 4 is 11.6 Å². The van der Waals surface area contributed by atoms with E-state index in [1.807, 2.05) is 24.3 Å². The van der Waals surface area contributed by atoms with Gasteiger partial charge in [0.25, 0.3) is 5.91 Å². The Kier molecular flexibility index (Phi) is 6.05. The van der Waals surface area contributed by atoms with E-state index in [0.717, 1.165) is 49.9 Å². The van der Waals surface area contributed by atoms with Crippen molar-refractivity contribution in [3.05, 3.63) is 29.8 Å². The quantitative estimate of drug-likeness (QED) is 0.846. The molecule has 1 saturated carbocycles. The lowest BCUT2D eigenvalue weighted by atomic mass is 9.93. The van der Waals surface area contributed by atoms with E-state index in [1.54, 1.807) is 7.11 Å². The first-order valence-corrected chi connectivity index (χ1v) is 7.90. The number of rotatable bonds is 6. The Labute approximate surface area is 127 Å². The number of ether oxygens (including phenoxy) is 1. The molecule has 1 fully saturated rings. The van der Waals surface area contributed by atoms with Gasteiger partial charge in [0.05, 0.1) is 6.10 Å². The molecule has 4 nitrogen and oxygen atoms in total. The highest BCUT2D eigenvalue weighted by Gasteiger charge is 2.20. The molecule has 1 amide bonds. The first-order chi connectivity index (χ1) is 10.2. The molecular weight excluding hydrogens is 264 g/mol. The largest absolute Gasteiger partial charge is 0.382 e. The van der Waals surface area contributed by atoms with Crippen molar-refractivity contribution in [3.8, 4) is 0 Å². The second-order valence-electron chi connectivity index (χ2n) is 5.69. The number of hydrogen-bond donors (Lipinski definition) is 2. The number of carbonyl (C=O) groups excluding carboxylic acids is 1. The van der Waals surface area contributed by atoms with Crippen LogP contribution in [0.4, 0.5) is 5.69 Å². The van der Waals surface area contributed by atoms with Crippen molar-refractivity contribution in [2.45, 2.75) is 51.2 Å². The van der Waals surface area contributed by atoms with Crippen molar-refractivity contribution in [2.24, 2.45) is 0 Å². The number of carbonyl (C=O) groups is 1. The summed E-state index contributed by atoms with van der Waals surface area (Å²) in [6.07, 6.45) is 5.80. The molecule has 0 aliphatic heterocycles. The van der Waals surface area contributed by atoms with Gasteiger partial charge in [0.1, 0.15) is 0 Å². The molecule has 0 aromatic heterocycles. The van der Waals surface area contributed by atoms with Crippen LogP contribution in [0.3, 0.4) is 0 Å². The fourth-order valence-electron chi connectivity index (χ4n) is 2.77. The predicted molar refractivity (Wildman–Crippen MR) is 85.7 cm³/mol. The zero-order valence-electron chi connectivity index (χ0n) is 13.0. The van der Waals surface area contributed by atoms with Gasteiger partial charge in [-0.1, -0.05) is 13.0 Å². The highest BCUT2D eigenvalue weighted by molar-refractivity contribution is 5.95. The van der Waals surface area contributed by atoms with Gasteiger partial charge in [0.15, 0.2) is 0 Å². The molecule has 1 aliphatic rings. The number of methoxy groups -OCH3 is 1. The third-order valence-electron chi connectivity index (χ3n) is 4.04. The third-order valence-corrected chi connectivity index (χ3v) is 4.04. The van der Waals surface area contributed by atoms with E-state index in [0.29, 0.717) is 12.1 Å². The summed E-state index contributed by atoms with van der Waals surface area (Å²) >= 11 is 0. The van der Waals surface area contributed by atoms with Crippen LogP contribution >= 0.6 is 0 Å². The van der Waals surface area contributed by atoms with Crippen LogP contribution in [0.5, 0.6) is 0 Å². The van der Waals surface area contributed by atoms with Crippen molar-refractivity contribution in [2.75, 3.05) is 19.0 Å². The molecule has 2 rings (SSSR count). The van der Waals surface area contributed by atoms with Gasteiger partial charge in [-0.2, -0.15) is 0 Å². The average Bonchev–Trinajstić information content (AvgIpc) is 2.53. The molecule has 0 heterocycles. The fourth-order valence-corrected chi connectivity index (χ4v) is 2.77. The summed E-state index contributed by atoms with van der Waals surface area (Å²) in [5, 5.41) is 6.45. The Balaban J connectivity index is 1.90. The van der Waals surface area contributed by atoms with Gasteiger partial charge < -0.3 is 15.4 Å². The van der Waals surface area contributed by atoms with E-state index >= 15 is 0 Å². The molecule has 0 unspecified atom stereocenters. The molecule has 1 aliphatic carbocycles. The van der Waals surface area contributed by atoms with Crippen molar-refractivity contribution in [1.82, 2.24) is 5.32 Å². The summed E-state index contributed by atoms with van der Waals surface area (Å²) in [7, 11) is 1.79. The molecule has 0 bridgehead atoms. The summed E-state index contributed by atoms with van der Waals surface area (Å²) < 4.78 is 5.40. The number of anilines is 1. The minimum atomic E-state index is 0.00333.